The van der Waals surface area contributed by atoms with Gasteiger partial charge in [-0.2, -0.15) is 0 Å². The summed E-state index contributed by atoms with van der Waals surface area (Å²) in [5, 5.41) is 6.31. The Balaban J connectivity index is 1.64. The van der Waals surface area contributed by atoms with Crippen molar-refractivity contribution in [3.8, 4) is 0 Å². The number of rotatable bonds is 4. The lowest BCUT2D eigenvalue weighted by molar-refractivity contribution is -0.137. The third-order valence-corrected chi connectivity index (χ3v) is 5.80. The summed E-state index contributed by atoms with van der Waals surface area (Å²) in [6.07, 6.45) is 3.51. The Bertz CT molecular complexity index is 721. The van der Waals surface area contributed by atoms with E-state index in [1.54, 1.807) is 12.1 Å². The van der Waals surface area contributed by atoms with E-state index in [4.69, 9.17) is 11.6 Å². The number of hydrogen-bond donors (Lipinski definition) is 2. The molecule has 1 aliphatic carbocycles. The highest BCUT2D eigenvalue weighted by atomic mass is 35.5. The summed E-state index contributed by atoms with van der Waals surface area (Å²) in [5.41, 5.74) is 0.0644. The fraction of sp³-hybridized carbons (Fsp3) is 0.526. The highest BCUT2D eigenvalue weighted by Crippen LogP contribution is 2.38. The van der Waals surface area contributed by atoms with Gasteiger partial charge in [-0.05, 0) is 43.4 Å². The topological polar surface area (TPSA) is 78.5 Å². The van der Waals surface area contributed by atoms with Crippen molar-refractivity contribution in [2.24, 2.45) is 5.92 Å². The van der Waals surface area contributed by atoms with Gasteiger partial charge in [-0.1, -0.05) is 43.5 Å². The lowest BCUT2D eigenvalue weighted by atomic mass is 9.73. The molecule has 3 atom stereocenters. The summed E-state index contributed by atoms with van der Waals surface area (Å²) < 4.78 is 0. The average molecular weight is 378 g/mol. The zero-order chi connectivity index (χ0) is 18.9. The Kier molecular flexibility index (Phi) is 5.23. The van der Waals surface area contributed by atoms with Crippen LogP contribution in [0.25, 0.3) is 0 Å². The van der Waals surface area contributed by atoms with Crippen LogP contribution in [0.15, 0.2) is 24.3 Å². The number of imide groups is 1. The molecular formula is C19H24ClN3O3. The third kappa shape index (κ3) is 3.43. The van der Waals surface area contributed by atoms with Crippen molar-refractivity contribution < 1.29 is 14.4 Å². The molecule has 0 bridgehead atoms. The van der Waals surface area contributed by atoms with Crippen LogP contribution in [0.1, 0.15) is 51.1 Å². The minimum atomic E-state index is -0.836. The molecule has 1 aromatic rings. The zero-order valence-corrected chi connectivity index (χ0v) is 15.8. The zero-order valence-electron chi connectivity index (χ0n) is 15.0. The van der Waals surface area contributed by atoms with E-state index in [1.165, 1.54) is 0 Å². The van der Waals surface area contributed by atoms with E-state index in [9.17, 15) is 14.4 Å². The summed E-state index contributed by atoms with van der Waals surface area (Å²) >= 11 is 5.87. The van der Waals surface area contributed by atoms with E-state index in [0.29, 0.717) is 11.4 Å². The molecule has 26 heavy (non-hydrogen) atoms. The molecular weight excluding hydrogens is 354 g/mol. The van der Waals surface area contributed by atoms with Crippen LogP contribution in [-0.2, 0) is 9.59 Å². The van der Waals surface area contributed by atoms with Crippen molar-refractivity contribution in [3.63, 3.8) is 0 Å². The van der Waals surface area contributed by atoms with Crippen LogP contribution in [0.5, 0.6) is 0 Å². The van der Waals surface area contributed by atoms with Crippen LogP contribution in [0, 0.1) is 5.92 Å². The number of carbonyl (C=O) groups is 3. The smallest absolute Gasteiger partial charge is 0.325 e. The van der Waals surface area contributed by atoms with Crippen LogP contribution in [0.2, 0.25) is 5.02 Å². The molecule has 1 aromatic carbocycles. The molecule has 2 N–H and O–H groups in total. The average Bonchev–Trinajstić information content (AvgIpc) is 2.83. The van der Waals surface area contributed by atoms with E-state index >= 15 is 0 Å². The number of hydrogen-bond acceptors (Lipinski definition) is 3. The summed E-state index contributed by atoms with van der Waals surface area (Å²) in [4.78, 5) is 38.6. The van der Waals surface area contributed by atoms with Gasteiger partial charge in [-0.25, -0.2) is 4.79 Å². The SMILES string of the molecule is C[C@H](NC(=O)CN1C(=O)N[C@]2(CCCC[C@@H]2C)C1=O)c1ccc(Cl)cc1. The normalized spacial score (nSPS) is 26.7. The first kappa shape index (κ1) is 18.7. The molecule has 1 aliphatic heterocycles. The Labute approximate surface area is 158 Å². The number of benzene rings is 1. The number of urea groups is 1. The lowest BCUT2D eigenvalue weighted by Gasteiger charge is -2.36. The molecule has 2 fully saturated rings. The van der Waals surface area contributed by atoms with Gasteiger partial charge in [0.25, 0.3) is 5.91 Å². The van der Waals surface area contributed by atoms with Gasteiger partial charge >= 0.3 is 6.03 Å². The van der Waals surface area contributed by atoms with Gasteiger partial charge in [0.15, 0.2) is 0 Å². The van der Waals surface area contributed by atoms with E-state index in [2.05, 4.69) is 10.6 Å². The van der Waals surface area contributed by atoms with Gasteiger partial charge in [0.05, 0.1) is 6.04 Å². The molecule has 0 aromatic heterocycles. The number of carbonyl (C=O) groups excluding carboxylic acids is 3. The molecule has 0 unspecified atom stereocenters. The molecule has 1 heterocycles. The Morgan fingerprint density at radius 3 is 2.69 bits per heavy atom. The van der Waals surface area contributed by atoms with Gasteiger partial charge < -0.3 is 10.6 Å². The molecule has 7 heteroatoms. The first-order valence-corrected chi connectivity index (χ1v) is 9.40. The van der Waals surface area contributed by atoms with Crippen molar-refractivity contribution in [2.75, 3.05) is 6.54 Å². The van der Waals surface area contributed by atoms with Crippen molar-refractivity contribution in [2.45, 2.75) is 51.1 Å². The molecule has 1 spiro atoms. The van der Waals surface area contributed by atoms with E-state index < -0.39 is 11.6 Å². The van der Waals surface area contributed by atoms with Gasteiger partial charge in [0, 0.05) is 5.02 Å². The van der Waals surface area contributed by atoms with Crippen molar-refractivity contribution in [3.05, 3.63) is 34.9 Å². The predicted molar refractivity (Wildman–Crippen MR) is 98.6 cm³/mol. The fourth-order valence-corrected chi connectivity index (χ4v) is 4.03. The van der Waals surface area contributed by atoms with E-state index in [-0.39, 0.29) is 30.3 Å². The van der Waals surface area contributed by atoms with Gasteiger partial charge in [0.2, 0.25) is 5.91 Å². The highest BCUT2D eigenvalue weighted by molar-refractivity contribution is 6.30. The van der Waals surface area contributed by atoms with Crippen molar-refractivity contribution in [1.29, 1.82) is 0 Å². The molecule has 140 valence electrons. The van der Waals surface area contributed by atoms with Crippen LogP contribution >= 0.6 is 11.6 Å². The van der Waals surface area contributed by atoms with E-state index in [0.717, 1.165) is 29.7 Å². The molecule has 1 saturated carbocycles. The number of nitrogens with zero attached hydrogens (tertiary/aromatic N) is 1. The second kappa shape index (κ2) is 7.27. The second-order valence-corrected chi connectivity index (χ2v) is 7.72. The largest absolute Gasteiger partial charge is 0.348 e. The summed E-state index contributed by atoms with van der Waals surface area (Å²) in [6.45, 7) is 3.57. The quantitative estimate of drug-likeness (QED) is 0.791. The molecule has 2 aliphatic rings. The standard InChI is InChI=1S/C19H24ClN3O3/c1-12-5-3-4-10-19(12)17(25)23(18(26)22-19)11-16(24)21-13(2)14-6-8-15(20)9-7-14/h6-9,12-13H,3-5,10-11H2,1-2H3,(H,21,24)(H,22,26)/t12-,13-,19-/m0/s1. The Morgan fingerprint density at radius 1 is 1.35 bits per heavy atom. The maximum absolute atomic E-state index is 12.9. The molecule has 0 radical (unpaired) electrons. The second-order valence-electron chi connectivity index (χ2n) is 7.28. The minimum Gasteiger partial charge on any atom is -0.348 e. The molecule has 4 amide bonds. The maximum atomic E-state index is 12.9. The van der Waals surface area contributed by atoms with E-state index in [1.807, 2.05) is 26.0 Å². The lowest BCUT2D eigenvalue weighted by Crippen LogP contribution is -2.54. The number of amides is 4. The summed E-state index contributed by atoms with van der Waals surface area (Å²) in [5.74, 6) is -0.561. The number of halogens is 1. The number of nitrogens with one attached hydrogen (secondary N) is 2. The summed E-state index contributed by atoms with van der Waals surface area (Å²) in [6, 6.07) is 6.46. The Morgan fingerprint density at radius 2 is 2.04 bits per heavy atom. The van der Waals surface area contributed by atoms with Crippen LogP contribution < -0.4 is 10.6 Å². The first-order valence-electron chi connectivity index (χ1n) is 9.02. The molecule has 3 rings (SSSR count). The van der Waals surface area contributed by atoms with Gasteiger partial charge in [-0.3, -0.25) is 14.5 Å². The molecule has 6 nitrogen and oxygen atoms in total. The monoisotopic (exact) mass is 377 g/mol. The predicted octanol–water partition coefficient (Wildman–Crippen LogP) is 3.02. The van der Waals surface area contributed by atoms with Crippen LogP contribution in [-0.4, -0.2) is 34.8 Å². The molecule has 1 saturated heterocycles. The maximum Gasteiger partial charge on any atom is 0.325 e. The van der Waals surface area contributed by atoms with Crippen LogP contribution in [0.4, 0.5) is 4.79 Å². The fourth-order valence-electron chi connectivity index (χ4n) is 3.90. The minimum absolute atomic E-state index is 0.0775. The Hall–Kier alpha value is -2.08. The van der Waals surface area contributed by atoms with Crippen molar-refractivity contribution >= 4 is 29.4 Å². The van der Waals surface area contributed by atoms with Gasteiger partial charge in [0.1, 0.15) is 12.1 Å². The van der Waals surface area contributed by atoms with Gasteiger partial charge in [-0.15, -0.1) is 0 Å². The highest BCUT2D eigenvalue weighted by Gasteiger charge is 2.55. The van der Waals surface area contributed by atoms with Crippen molar-refractivity contribution in [1.82, 2.24) is 15.5 Å². The van der Waals surface area contributed by atoms with Crippen LogP contribution in [0.3, 0.4) is 0 Å². The summed E-state index contributed by atoms with van der Waals surface area (Å²) in [7, 11) is 0. The third-order valence-electron chi connectivity index (χ3n) is 5.55. The first-order chi connectivity index (χ1) is 12.3.